The Hall–Kier alpha value is -2.27. The van der Waals surface area contributed by atoms with Gasteiger partial charge in [-0.15, -0.1) is 0 Å². The average molecular weight is 340 g/mol. The highest BCUT2D eigenvalue weighted by Gasteiger charge is 2.48. The fourth-order valence-corrected chi connectivity index (χ4v) is 4.04. The molecule has 2 atom stereocenters. The van der Waals surface area contributed by atoms with Crippen LogP contribution in [-0.2, 0) is 0 Å². The summed E-state index contributed by atoms with van der Waals surface area (Å²) in [6.07, 6.45) is 0.810. The summed E-state index contributed by atoms with van der Waals surface area (Å²) in [5.41, 5.74) is 1.54. The summed E-state index contributed by atoms with van der Waals surface area (Å²) in [6.45, 7) is 4.68. The average Bonchev–Trinajstić information content (AvgIpc) is 2.56. The van der Waals surface area contributed by atoms with Crippen LogP contribution in [0.25, 0.3) is 0 Å². The van der Waals surface area contributed by atoms with Crippen LogP contribution in [0.3, 0.4) is 0 Å². The van der Waals surface area contributed by atoms with Crippen LogP contribution in [0.1, 0.15) is 31.9 Å². The van der Waals surface area contributed by atoms with E-state index in [-0.39, 0.29) is 6.04 Å². The summed E-state index contributed by atoms with van der Waals surface area (Å²) in [5.74, 6) is 1.72. The topological polar surface area (TPSA) is 33.7 Å². The number of fused-ring (bicyclic) bond motifs is 4. The van der Waals surface area contributed by atoms with E-state index in [0.717, 1.165) is 29.2 Å². The maximum absolute atomic E-state index is 6.40. The second-order valence-corrected chi connectivity index (χ2v) is 6.64. The SMILES string of the molecule is CCOc1ccccc1N1C(=S)N[C@H]2C[C@@]1(C)Oc1ccccc12. The Morgan fingerprint density at radius 2 is 2.00 bits per heavy atom. The van der Waals surface area contributed by atoms with Gasteiger partial charge in [0.05, 0.1) is 18.3 Å². The van der Waals surface area contributed by atoms with E-state index in [4.69, 9.17) is 21.7 Å². The van der Waals surface area contributed by atoms with Gasteiger partial charge in [-0.25, -0.2) is 0 Å². The molecule has 0 saturated carbocycles. The van der Waals surface area contributed by atoms with E-state index in [9.17, 15) is 0 Å². The Morgan fingerprint density at radius 3 is 2.83 bits per heavy atom. The molecule has 4 rings (SSSR count). The normalized spacial score (nSPS) is 24.7. The van der Waals surface area contributed by atoms with Crippen molar-refractivity contribution in [2.75, 3.05) is 11.5 Å². The molecular formula is C19H20N2O2S. The standard InChI is InChI=1S/C19H20N2O2S/c1-3-22-17-11-7-5-9-15(17)21-18(24)20-14-12-19(21,2)23-16-10-6-4-8-13(14)16/h4-11,14H,3,12H2,1-2H3,(H,20,24)/t14-,19+/m0/s1. The molecule has 2 aliphatic heterocycles. The number of ether oxygens (including phenoxy) is 2. The molecule has 0 amide bonds. The molecule has 0 aromatic heterocycles. The van der Waals surface area contributed by atoms with Gasteiger partial charge in [-0.05, 0) is 44.3 Å². The van der Waals surface area contributed by atoms with Gasteiger partial charge >= 0.3 is 0 Å². The number of rotatable bonds is 3. The summed E-state index contributed by atoms with van der Waals surface area (Å²) in [6, 6.07) is 16.3. The Bertz CT molecular complexity index is 794. The molecule has 24 heavy (non-hydrogen) atoms. The lowest BCUT2D eigenvalue weighted by Gasteiger charge is -2.52. The highest BCUT2D eigenvalue weighted by molar-refractivity contribution is 7.80. The number of nitrogens with zero attached hydrogens (tertiary/aromatic N) is 1. The molecule has 1 saturated heterocycles. The Kier molecular flexibility index (Phi) is 3.61. The minimum atomic E-state index is -0.547. The summed E-state index contributed by atoms with van der Waals surface area (Å²) >= 11 is 5.69. The third kappa shape index (κ3) is 2.31. The molecule has 2 aromatic carbocycles. The van der Waals surface area contributed by atoms with Crippen molar-refractivity contribution in [3.63, 3.8) is 0 Å². The maximum Gasteiger partial charge on any atom is 0.188 e. The molecule has 2 heterocycles. The zero-order chi connectivity index (χ0) is 16.7. The van der Waals surface area contributed by atoms with Crippen molar-refractivity contribution >= 4 is 23.0 Å². The predicted octanol–water partition coefficient (Wildman–Crippen LogP) is 4.02. The monoisotopic (exact) mass is 340 g/mol. The zero-order valence-corrected chi connectivity index (χ0v) is 14.6. The van der Waals surface area contributed by atoms with Crippen LogP contribution in [-0.4, -0.2) is 17.4 Å². The molecule has 5 heteroatoms. The van der Waals surface area contributed by atoms with Gasteiger partial charge in [-0.2, -0.15) is 0 Å². The first-order valence-corrected chi connectivity index (χ1v) is 8.64. The highest BCUT2D eigenvalue weighted by Crippen LogP contribution is 2.47. The van der Waals surface area contributed by atoms with E-state index in [1.54, 1.807) is 0 Å². The lowest BCUT2D eigenvalue weighted by molar-refractivity contribution is 0.0493. The van der Waals surface area contributed by atoms with Crippen molar-refractivity contribution in [1.82, 2.24) is 5.32 Å². The first-order chi connectivity index (χ1) is 11.6. The molecule has 2 bridgehead atoms. The molecule has 0 radical (unpaired) electrons. The van der Waals surface area contributed by atoms with Gasteiger partial charge in [0.15, 0.2) is 10.8 Å². The summed E-state index contributed by atoms with van der Waals surface area (Å²) in [4.78, 5) is 2.04. The predicted molar refractivity (Wildman–Crippen MR) is 98.7 cm³/mol. The van der Waals surface area contributed by atoms with Gasteiger partial charge in [-0.1, -0.05) is 30.3 Å². The first-order valence-electron chi connectivity index (χ1n) is 8.23. The van der Waals surface area contributed by atoms with E-state index in [2.05, 4.69) is 18.3 Å². The number of hydrogen-bond acceptors (Lipinski definition) is 3. The lowest BCUT2D eigenvalue weighted by atomic mass is 9.90. The molecule has 124 valence electrons. The van der Waals surface area contributed by atoms with Crippen molar-refractivity contribution in [1.29, 1.82) is 0 Å². The number of thiocarbonyl (C=S) groups is 1. The third-order valence-corrected chi connectivity index (χ3v) is 4.89. The van der Waals surface area contributed by atoms with Crippen molar-refractivity contribution in [3.05, 3.63) is 54.1 Å². The molecule has 0 unspecified atom stereocenters. The molecule has 1 N–H and O–H groups in total. The molecule has 0 spiro atoms. The van der Waals surface area contributed by atoms with E-state index in [1.807, 2.05) is 54.3 Å². The van der Waals surface area contributed by atoms with Gasteiger partial charge in [0, 0.05) is 12.0 Å². The fraction of sp³-hybridized carbons (Fsp3) is 0.316. The van der Waals surface area contributed by atoms with Crippen molar-refractivity contribution in [2.24, 2.45) is 0 Å². The van der Waals surface area contributed by atoms with E-state index >= 15 is 0 Å². The second kappa shape index (κ2) is 5.67. The molecule has 1 fully saturated rings. The summed E-state index contributed by atoms with van der Waals surface area (Å²) < 4.78 is 12.2. The van der Waals surface area contributed by atoms with E-state index < -0.39 is 5.72 Å². The number of nitrogens with one attached hydrogen (secondary N) is 1. The zero-order valence-electron chi connectivity index (χ0n) is 13.8. The van der Waals surface area contributed by atoms with Gasteiger partial charge in [0.1, 0.15) is 11.5 Å². The number of benzene rings is 2. The van der Waals surface area contributed by atoms with Crippen molar-refractivity contribution < 1.29 is 9.47 Å². The Labute approximate surface area is 147 Å². The molecular weight excluding hydrogens is 320 g/mol. The molecule has 0 aliphatic carbocycles. The summed E-state index contributed by atoms with van der Waals surface area (Å²) in [5, 5.41) is 4.13. The minimum Gasteiger partial charge on any atom is -0.492 e. The lowest BCUT2D eigenvalue weighted by Crippen LogP contribution is -2.65. The quantitative estimate of drug-likeness (QED) is 0.854. The van der Waals surface area contributed by atoms with Gasteiger partial charge in [-0.3, -0.25) is 4.90 Å². The number of anilines is 1. The van der Waals surface area contributed by atoms with Crippen molar-refractivity contribution in [2.45, 2.75) is 32.0 Å². The third-order valence-electron chi connectivity index (χ3n) is 4.59. The fourth-order valence-electron chi connectivity index (χ4n) is 3.61. The Morgan fingerprint density at radius 1 is 1.25 bits per heavy atom. The number of para-hydroxylation sites is 3. The van der Waals surface area contributed by atoms with E-state index in [1.165, 1.54) is 0 Å². The molecule has 4 nitrogen and oxygen atoms in total. The highest BCUT2D eigenvalue weighted by atomic mass is 32.1. The van der Waals surface area contributed by atoms with Crippen molar-refractivity contribution in [3.8, 4) is 11.5 Å². The minimum absolute atomic E-state index is 0.169. The van der Waals surface area contributed by atoms with Crippen LogP contribution in [0.5, 0.6) is 11.5 Å². The van der Waals surface area contributed by atoms with Crippen LogP contribution in [0.15, 0.2) is 48.5 Å². The number of hydrogen-bond donors (Lipinski definition) is 1. The van der Waals surface area contributed by atoms with Crippen LogP contribution in [0.2, 0.25) is 0 Å². The molecule has 2 aliphatic rings. The van der Waals surface area contributed by atoms with Gasteiger partial charge < -0.3 is 14.8 Å². The van der Waals surface area contributed by atoms with Crippen LogP contribution in [0, 0.1) is 0 Å². The Balaban J connectivity index is 1.80. The smallest absolute Gasteiger partial charge is 0.188 e. The van der Waals surface area contributed by atoms with E-state index in [0.29, 0.717) is 11.7 Å². The first kappa shape index (κ1) is 15.3. The van der Waals surface area contributed by atoms with Crippen LogP contribution >= 0.6 is 12.2 Å². The largest absolute Gasteiger partial charge is 0.492 e. The maximum atomic E-state index is 6.40. The van der Waals surface area contributed by atoms with Gasteiger partial charge in [0.25, 0.3) is 0 Å². The van der Waals surface area contributed by atoms with Crippen LogP contribution in [0.4, 0.5) is 5.69 Å². The molecule has 2 aromatic rings. The summed E-state index contributed by atoms with van der Waals surface area (Å²) in [7, 11) is 0. The van der Waals surface area contributed by atoms with Gasteiger partial charge in [0.2, 0.25) is 0 Å². The second-order valence-electron chi connectivity index (χ2n) is 6.26. The van der Waals surface area contributed by atoms with Crippen LogP contribution < -0.4 is 19.7 Å².